The minimum atomic E-state index is -0.940. The molecular formula is C28H28ClFN6O4. The van der Waals surface area contributed by atoms with Crippen LogP contribution in [0.4, 0.5) is 10.2 Å². The van der Waals surface area contributed by atoms with Gasteiger partial charge in [-0.3, -0.25) is 19.0 Å². The summed E-state index contributed by atoms with van der Waals surface area (Å²) in [6.07, 6.45) is 4.44. The number of nitrogens with two attached hydrogens (primary N) is 1. The van der Waals surface area contributed by atoms with Crippen LogP contribution in [-0.2, 0) is 4.79 Å². The standard InChI is InChI=1S/C28H28ClFN6O4/c1-13(2)40-24-18(14(3)26-34-15(4)23-25(31)32-7-8-36(23)26)9-19(29)22(30)21(24)16-5-6-20(33-10-16)27(37)35-11-17(12-35)28(38)39/h5-10,13-14,17H,11-12H2,1-4H3,(H2,31,32)(H,38,39). The van der Waals surface area contributed by atoms with Gasteiger partial charge in [0.05, 0.1) is 28.3 Å². The fourth-order valence-electron chi connectivity index (χ4n) is 4.91. The van der Waals surface area contributed by atoms with E-state index in [-0.39, 0.29) is 47.1 Å². The zero-order valence-electron chi connectivity index (χ0n) is 22.4. The average molecular weight is 567 g/mol. The number of likely N-dealkylation sites (tertiary alicyclic amines) is 1. The molecule has 4 heterocycles. The molecule has 10 nitrogen and oxygen atoms in total. The van der Waals surface area contributed by atoms with Gasteiger partial charge in [0.1, 0.15) is 28.6 Å². The maximum atomic E-state index is 15.7. The summed E-state index contributed by atoms with van der Waals surface area (Å²) in [6, 6.07) is 4.60. The van der Waals surface area contributed by atoms with E-state index in [0.717, 1.165) is 0 Å². The third-order valence-corrected chi connectivity index (χ3v) is 7.26. The van der Waals surface area contributed by atoms with Gasteiger partial charge < -0.3 is 20.5 Å². The molecule has 1 atom stereocenters. The van der Waals surface area contributed by atoms with Gasteiger partial charge in [-0.2, -0.15) is 0 Å². The fraction of sp³-hybridized carbons (Fsp3) is 0.321. The molecule has 1 aliphatic heterocycles. The lowest BCUT2D eigenvalue weighted by molar-refractivity contribution is -0.146. The molecule has 0 radical (unpaired) electrons. The quantitative estimate of drug-likeness (QED) is 0.332. The summed E-state index contributed by atoms with van der Waals surface area (Å²) in [7, 11) is 0. The molecule has 208 valence electrons. The number of nitrogen functional groups attached to an aromatic ring is 1. The molecule has 0 saturated carbocycles. The minimum Gasteiger partial charge on any atom is -0.490 e. The number of pyridine rings is 1. The van der Waals surface area contributed by atoms with Crippen molar-refractivity contribution in [1.82, 2.24) is 24.3 Å². The summed E-state index contributed by atoms with van der Waals surface area (Å²) >= 11 is 6.43. The number of benzene rings is 1. The highest BCUT2D eigenvalue weighted by Gasteiger charge is 2.36. The van der Waals surface area contributed by atoms with Gasteiger partial charge in [-0.1, -0.05) is 24.6 Å². The number of imidazole rings is 1. The first-order valence-electron chi connectivity index (χ1n) is 12.7. The summed E-state index contributed by atoms with van der Waals surface area (Å²) in [4.78, 5) is 38.4. The number of aryl methyl sites for hydroxylation is 1. The van der Waals surface area contributed by atoms with E-state index < -0.39 is 23.6 Å². The van der Waals surface area contributed by atoms with Crippen molar-refractivity contribution in [2.75, 3.05) is 18.8 Å². The van der Waals surface area contributed by atoms with Gasteiger partial charge in [0.2, 0.25) is 0 Å². The Bertz CT molecular complexity index is 1630. The van der Waals surface area contributed by atoms with E-state index in [1.165, 1.54) is 23.2 Å². The number of ether oxygens (including phenoxy) is 1. The summed E-state index contributed by atoms with van der Waals surface area (Å²) in [5, 5.41) is 8.97. The molecule has 5 rings (SSSR count). The molecule has 3 N–H and O–H groups in total. The van der Waals surface area contributed by atoms with Crippen LogP contribution in [0.1, 0.15) is 54.3 Å². The third kappa shape index (κ3) is 4.70. The van der Waals surface area contributed by atoms with Gasteiger partial charge in [0.25, 0.3) is 5.91 Å². The lowest BCUT2D eigenvalue weighted by atomic mass is 9.93. The lowest BCUT2D eigenvalue weighted by Crippen LogP contribution is -2.53. The predicted molar refractivity (Wildman–Crippen MR) is 147 cm³/mol. The molecule has 40 heavy (non-hydrogen) atoms. The number of fused-ring (bicyclic) bond motifs is 1. The average Bonchev–Trinajstić information content (AvgIpc) is 3.22. The first-order valence-corrected chi connectivity index (χ1v) is 13.1. The molecular weight excluding hydrogens is 539 g/mol. The van der Waals surface area contributed by atoms with Crippen LogP contribution >= 0.6 is 11.6 Å². The van der Waals surface area contributed by atoms with Crippen molar-refractivity contribution in [2.24, 2.45) is 5.92 Å². The molecule has 0 bridgehead atoms. The molecule has 12 heteroatoms. The second kappa shape index (κ2) is 10.4. The van der Waals surface area contributed by atoms with E-state index in [1.54, 1.807) is 18.5 Å². The number of nitrogens with zero attached hydrogens (tertiary/aromatic N) is 5. The van der Waals surface area contributed by atoms with E-state index in [0.29, 0.717) is 34.0 Å². The van der Waals surface area contributed by atoms with Crippen LogP contribution in [-0.4, -0.2) is 60.4 Å². The van der Waals surface area contributed by atoms with Crippen molar-refractivity contribution >= 4 is 34.8 Å². The largest absolute Gasteiger partial charge is 0.490 e. The number of halogens is 2. The Morgan fingerprint density at radius 3 is 2.58 bits per heavy atom. The van der Waals surface area contributed by atoms with E-state index in [9.17, 15) is 9.59 Å². The van der Waals surface area contributed by atoms with Gasteiger partial charge in [0, 0.05) is 48.7 Å². The van der Waals surface area contributed by atoms with Crippen molar-refractivity contribution in [2.45, 2.75) is 39.7 Å². The minimum absolute atomic E-state index is 0.104. The van der Waals surface area contributed by atoms with Crippen LogP contribution in [0.3, 0.4) is 0 Å². The van der Waals surface area contributed by atoms with E-state index in [1.807, 2.05) is 32.1 Å². The number of carbonyl (C=O) groups is 2. The molecule has 1 amide bonds. The topological polar surface area (TPSA) is 136 Å². The van der Waals surface area contributed by atoms with E-state index >= 15 is 4.39 Å². The molecule has 1 unspecified atom stereocenters. The Hall–Kier alpha value is -4.25. The summed E-state index contributed by atoms with van der Waals surface area (Å²) in [5.74, 6) is -1.70. The van der Waals surface area contributed by atoms with Crippen LogP contribution in [0.2, 0.25) is 5.02 Å². The highest BCUT2D eigenvalue weighted by atomic mass is 35.5. The number of carbonyl (C=O) groups excluding carboxylic acids is 1. The van der Waals surface area contributed by atoms with Gasteiger partial charge >= 0.3 is 5.97 Å². The molecule has 4 aromatic rings. The number of carboxylic acid groups (broad SMARTS) is 1. The summed E-state index contributed by atoms with van der Waals surface area (Å²) in [5.41, 5.74) is 8.71. The first kappa shape index (κ1) is 27.3. The molecule has 1 saturated heterocycles. The Balaban J connectivity index is 1.57. The van der Waals surface area contributed by atoms with Crippen LogP contribution < -0.4 is 10.5 Å². The SMILES string of the molecule is Cc1nc(C(C)c2cc(Cl)c(F)c(-c3ccc(C(=O)N4CC(C(=O)O)C4)nc3)c2OC(C)C)n2ccnc(N)c12. The smallest absolute Gasteiger partial charge is 0.310 e. The van der Waals surface area contributed by atoms with Crippen molar-refractivity contribution in [3.63, 3.8) is 0 Å². The second-order valence-electron chi connectivity index (χ2n) is 10.1. The molecule has 0 spiro atoms. The number of aromatic nitrogens is 4. The van der Waals surface area contributed by atoms with Crippen LogP contribution in [0.15, 0.2) is 36.8 Å². The highest BCUT2D eigenvalue weighted by Crippen LogP contribution is 2.44. The zero-order chi connectivity index (χ0) is 28.9. The van der Waals surface area contributed by atoms with E-state index in [2.05, 4.69) is 9.97 Å². The van der Waals surface area contributed by atoms with E-state index in [4.69, 9.17) is 32.2 Å². The van der Waals surface area contributed by atoms with Crippen LogP contribution in [0.25, 0.3) is 16.6 Å². The molecule has 1 aromatic carbocycles. The third-order valence-electron chi connectivity index (χ3n) is 6.98. The number of hydrogen-bond donors (Lipinski definition) is 2. The molecule has 3 aromatic heterocycles. The number of carboxylic acids is 1. The number of aliphatic carboxylic acids is 1. The van der Waals surface area contributed by atoms with Gasteiger partial charge in [0.15, 0.2) is 5.82 Å². The molecule has 1 fully saturated rings. The zero-order valence-corrected chi connectivity index (χ0v) is 23.1. The Kier molecular flexibility index (Phi) is 7.09. The maximum Gasteiger partial charge on any atom is 0.310 e. The van der Waals surface area contributed by atoms with Crippen molar-refractivity contribution < 1.29 is 23.8 Å². The monoisotopic (exact) mass is 566 g/mol. The van der Waals surface area contributed by atoms with Gasteiger partial charge in [-0.15, -0.1) is 0 Å². The Labute approximate surface area is 234 Å². The first-order chi connectivity index (χ1) is 19.0. The Morgan fingerprint density at radius 1 is 1.23 bits per heavy atom. The van der Waals surface area contributed by atoms with Gasteiger partial charge in [-0.25, -0.2) is 14.4 Å². The second-order valence-corrected chi connectivity index (χ2v) is 10.5. The number of amides is 1. The number of hydrogen-bond acceptors (Lipinski definition) is 7. The van der Waals surface area contributed by atoms with Crippen molar-refractivity contribution in [3.8, 4) is 16.9 Å². The van der Waals surface area contributed by atoms with Crippen LogP contribution in [0, 0.1) is 18.7 Å². The number of rotatable bonds is 7. The Morgan fingerprint density at radius 2 is 1.95 bits per heavy atom. The maximum absolute atomic E-state index is 15.7. The molecule has 1 aliphatic rings. The normalized spacial score (nSPS) is 14.4. The van der Waals surface area contributed by atoms with Crippen molar-refractivity contribution in [3.05, 3.63) is 70.4 Å². The fourth-order valence-corrected chi connectivity index (χ4v) is 5.13. The van der Waals surface area contributed by atoms with Gasteiger partial charge in [-0.05, 0) is 32.9 Å². The van der Waals surface area contributed by atoms with Crippen molar-refractivity contribution in [1.29, 1.82) is 0 Å². The number of anilines is 1. The summed E-state index contributed by atoms with van der Waals surface area (Å²) < 4.78 is 23.8. The van der Waals surface area contributed by atoms with Crippen LogP contribution in [0.5, 0.6) is 5.75 Å². The summed E-state index contributed by atoms with van der Waals surface area (Å²) in [6.45, 7) is 7.68. The lowest BCUT2D eigenvalue weighted by Gasteiger charge is -2.36. The predicted octanol–water partition coefficient (Wildman–Crippen LogP) is 4.57. The molecule has 0 aliphatic carbocycles. The highest BCUT2D eigenvalue weighted by molar-refractivity contribution is 6.31.